The lowest BCUT2D eigenvalue weighted by molar-refractivity contribution is -0.146. The molecule has 0 spiro atoms. The lowest BCUT2D eigenvalue weighted by atomic mass is 9.88. The molecule has 0 fully saturated rings. The van der Waals surface area contributed by atoms with Crippen molar-refractivity contribution in [2.75, 3.05) is 12.4 Å². The number of ether oxygens (including phenoxy) is 1. The molecule has 3 rings (SSSR count). The average Bonchev–Trinajstić information content (AvgIpc) is 2.71. The van der Waals surface area contributed by atoms with Gasteiger partial charge in [-0.3, -0.25) is 4.79 Å². The summed E-state index contributed by atoms with van der Waals surface area (Å²) in [5, 5.41) is 2.38. The van der Waals surface area contributed by atoms with E-state index in [1.54, 1.807) is 0 Å². The molecule has 32 heavy (non-hydrogen) atoms. The van der Waals surface area contributed by atoms with Gasteiger partial charge in [0, 0.05) is 0 Å². The summed E-state index contributed by atoms with van der Waals surface area (Å²) in [5.41, 5.74) is -0.211. The van der Waals surface area contributed by atoms with Gasteiger partial charge in [-0.25, -0.2) is 31.4 Å². The largest absolute Gasteiger partial charge is 0.465 e. The zero-order chi connectivity index (χ0) is 23.6. The van der Waals surface area contributed by atoms with Crippen LogP contribution in [0.15, 0.2) is 46.3 Å². The third-order valence-electron chi connectivity index (χ3n) is 4.89. The average molecular weight is 468 g/mol. The van der Waals surface area contributed by atoms with E-state index in [2.05, 4.69) is 10.3 Å². The highest BCUT2D eigenvalue weighted by Gasteiger charge is 2.41. The van der Waals surface area contributed by atoms with Crippen LogP contribution in [0.4, 0.5) is 18.0 Å². The quantitative estimate of drug-likeness (QED) is 0.518. The van der Waals surface area contributed by atoms with Crippen molar-refractivity contribution in [2.45, 2.75) is 24.8 Å². The molecule has 0 saturated carbocycles. The maximum absolute atomic E-state index is 13.8. The van der Waals surface area contributed by atoms with Crippen molar-refractivity contribution in [1.82, 2.24) is 5.32 Å². The first-order valence-corrected chi connectivity index (χ1v) is 11.2. The fourth-order valence-corrected chi connectivity index (χ4v) is 4.77. The van der Waals surface area contributed by atoms with Gasteiger partial charge >= 0.3 is 12.0 Å². The van der Waals surface area contributed by atoms with Crippen LogP contribution in [0.25, 0.3) is 0 Å². The first-order valence-electron chi connectivity index (χ1n) is 9.52. The minimum atomic E-state index is -4.14. The number of hydrogen-bond donors (Lipinski definition) is 1. The summed E-state index contributed by atoms with van der Waals surface area (Å²) < 4.78 is 71.7. The van der Waals surface area contributed by atoms with Crippen LogP contribution in [0.2, 0.25) is 0 Å². The number of carbonyl (C=O) groups is 2. The summed E-state index contributed by atoms with van der Waals surface area (Å²) in [6.45, 7) is 2.87. The standard InChI is InChI=1S/C21H19F3N2O5S/c1-3-31-20(27)18-17(10-32(29,30)13-5-7-14(22)11(2)8-13)25-21(28)26-19(18)12-4-6-15(23)16(24)9-12/h4-9,18-19H,3,10H2,1-2H3,(H,26,28). The van der Waals surface area contributed by atoms with E-state index in [1.807, 2.05) is 0 Å². The number of nitrogens with one attached hydrogen (secondary N) is 1. The Labute approximate surface area is 182 Å². The molecule has 2 atom stereocenters. The molecule has 0 saturated heterocycles. The summed E-state index contributed by atoms with van der Waals surface area (Å²) in [7, 11) is -4.14. The Bertz CT molecular complexity index is 1210. The molecule has 1 aliphatic heterocycles. The smallest absolute Gasteiger partial charge is 0.341 e. The van der Waals surface area contributed by atoms with Gasteiger partial charge < -0.3 is 10.1 Å². The summed E-state index contributed by atoms with van der Waals surface area (Å²) in [4.78, 5) is 28.4. The van der Waals surface area contributed by atoms with Crippen molar-refractivity contribution in [3.63, 3.8) is 0 Å². The molecule has 2 amide bonds. The third-order valence-corrected chi connectivity index (χ3v) is 6.53. The molecule has 2 unspecified atom stereocenters. The molecule has 2 aromatic rings. The van der Waals surface area contributed by atoms with E-state index in [0.29, 0.717) is 0 Å². The molecule has 0 bridgehead atoms. The number of nitrogens with zero attached hydrogens (tertiary/aromatic N) is 1. The lowest BCUT2D eigenvalue weighted by Gasteiger charge is -2.31. The Morgan fingerprint density at radius 1 is 1.09 bits per heavy atom. The molecule has 1 aliphatic rings. The Morgan fingerprint density at radius 2 is 1.78 bits per heavy atom. The van der Waals surface area contributed by atoms with Crippen molar-refractivity contribution in [3.8, 4) is 0 Å². The predicted octanol–water partition coefficient (Wildman–Crippen LogP) is 3.27. The Morgan fingerprint density at radius 3 is 2.41 bits per heavy atom. The minimum absolute atomic E-state index is 0.0257. The van der Waals surface area contributed by atoms with Gasteiger partial charge in [-0.05, 0) is 55.3 Å². The van der Waals surface area contributed by atoms with Crippen LogP contribution in [-0.2, 0) is 19.4 Å². The number of rotatable bonds is 6. The van der Waals surface area contributed by atoms with Crippen molar-refractivity contribution in [2.24, 2.45) is 10.9 Å². The van der Waals surface area contributed by atoms with E-state index in [0.717, 1.165) is 36.4 Å². The highest BCUT2D eigenvalue weighted by Crippen LogP contribution is 2.30. The number of aliphatic imine (C=N–C) groups is 1. The van der Waals surface area contributed by atoms with Gasteiger partial charge in [0.1, 0.15) is 11.7 Å². The first kappa shape index (κ1) is 23.5. The second-order valence-electron chi connectivity index (χ2n) is 7.10. The summed E-state index contributed by atoms with van der Waals surface area (Å²) in [6.07, 6.45) is 0. The molecule has 1 N–H and O–H groups in total. The van der Waals surface area contributed by atoms with Crippen molar-refractivity contribution < 1.29 is 35.9 Å². The summed E-state index contributed by atoms with van der Waals surface area (Å²) >= 11 is 0. The van der Waals surface area contributed by atoms with E-state index >= 15 is 0 Å². The van der Waals surface area contributed by atoms with E-state index in [-0.39, 0.29) is 28.3 Å². The number of amides is 2. The van der Waals surface area contributed by atoms with Gasteiger partial charge in [0.2, 0.25) is 0 Å². The molecule has 7 nitrogen and oxygen atoms in total. The third kappa shape index (κ3) is 4.82. The molecule has 1 heterocycles. The summed E-state index contributed by atoms with van der Waals surface area (Å²) in [5.74, 6) is -6.08. The molecule has 0 aromatic heterocycles. The van der Waals surface area contributed by atoms with E-state index in [9.17, 15) is 31.2 Å². The lowest BCUT2D eigenvalue weighted by Crippen LogP contribution is -2.47. The second-order valence-corrected chi connectivity index (χ2v) is 9.09. The molecule has 11 heteroatoms. The zero-order valence-electron chi connectivity index (χ0n) is 17.1. The number of carbonyl (C=O) groups excluding carboxylic acids is 2. The molecule has 170 valence electrons. The fourth-order valence-electron chi connectivity index (χ4n) is 3.34. The number of aryl methyl sites for hydroxylation is 1. The first-order chi connectivity index (χ1) is 15.0. The molecular formula is C21H19F3N2O5S. The molecule has 0 radical (unpaired) electrons. The Balaban J connectivity index is 2.05. The SMILES string of the molecule is CCOC(=O)C1C(CS(=O)(=O)c2ccc(F)c(C)c2)=NC(=O)NC1c1ccc(F)c(F)c1. The molecule has 2 aromatic carbocycles. The van der Waals surface area contributed by atoms with Crippen LogP contribution >= 0.6 is 0 Å². The number of hydrogen-bond acceptors (Lipinski definition) is 5. The highest BCUT2D eigenvalue weighted by atomic mass is 32.2. The second kappa shape index (κ2) is 9.11. The van der Waals surface area contributed by atoms with Crippen molar-refractivity contribution in [3.05, 3.63) is 65.0 Å². The maximum atomic E-state index is 13.8. The van der Waals surface area contributed by atoms with Gasteiger partial charge in [-0.15, -0.1) is 0 Å². The van der Waals surface area contributed by atoms with Crippen molar-refractivity contribution in [1.29, 1.82) is 0 Å². The number of urea groups is 1. The van der Waals surface area contributed by atoms with E-state index < -0.39 is 57.0 Å². The van der Waals surface area contributed by atoms with Crippen LogP contribution in [0, 0.1) is 30.3 Å². The minimum Gasteiger partial charge on any atom is -0.465 e. The zero-order valence-corrected chi connectivity index (χ0v) is 17.9. The van der Waals surface area contributed by atoms with Crippen molar-refractivity contribution >= 4 is 27.5 Å². The van der Waals surface area contributed by atoms with Gasteiger partial charge in [0.05, 0.1) is 29.0 Å². The Hall–Kier alpha value is -3.21. The fraction of sp³-hybridized carbons (Fsp3) is 0.286. The molecule has 0 aliphatic carbocycles. The topological polar surface area (TPSA) is 102 Å². The van der Waals surface area contributed by atoms with Gasteiger partial charge in [0.25, 0.3) is 0 Å². The van der Waals surface area contributed by atoms with Crippen LogP contribution < -0.4 is 5.32 Å². The van der Waals surface area contributed by atoms with Crippen LogP contribution in [-0.4, -0.2) is 38.5 Å². The predicted molar refractivity (Wildman–Crippen MR) is 108 cm³/mol. The van der Waals surface area contributed by atoms with Crippen LogP contribution in [0.3, 0.4) is 0 Å². The van der Waals surface area contributed by atoms with Gasteiger partial charge in [0.15, 0.2) is 21.5 Å². The Kier molecular flexibility index (Phi) is 6.68. The van der Waals surface area contributed by atoms with Crippen LogP contribution in [0.5, 0.6) is 0 Å². The van der Waals surface area contributed by atoms with Gasteiger partial charge in [-0.2, -0.15) is 0 Å². The monoisotopic (exact) mass is 468 g/mol. The molecular weight excluding hydrogens is 449 g/mol. The van der Waals surface area contributed by atoms with Gasteiger partial charge in [-0.1, -0.05) is 6.07 Å². The highest BCUT2D eigenvalue weighted by molar-refractivity contribution is 7.92. The maximum Gasteiger partial charge on any atom is 0.341 e. The summed E-state index contributed by atoms with van der Waals surface area (Å²) in [6, 6.07) is 3.76. The number of esters is 1. The van der Waals surface area contributed by atoms with E-state index in [4.69, 9.17) is 4.74 Å². The van der Waals surface area contributed by atoms with E-state index in [1.165, 1.54) is 13.8 Å². The number of sulfone groups is 1. The van der Waals surface area contributed by atoms with Crippen LogP contribution in [0.1, 0.15) is 24.1 Å². The normalized spacial score (nSPS) is 18.7. The number of halogens is 3. The number of benzene rings is 2.